The topological polar surface area (TPSA) is 28.4 Å². The lowest BCUT2D eigenvalue weighted by Crippen LogP contribution is -2.38. The van der Waals surface area contributed by atoms with E-state index in [0.717, 1.165) is 24.3 Å². The van der Waals surface area contributed by atoms with Gasteiger partial charge in [0.25, 0.3) is 0 Å². The molecule has 0 amide bonds. The van der Waals surface area contributed by atoms with Gasteiger partial charge in [0.1, 0.15) is 5.76 Å². The second kappa shape index (κ2) is 8.58. The van der Waals surface area contributed by atoms with Gasteiger partial charge < -0.3 is 14.6 Å². The molecule has 3 nitrogen and oxygen atoms in total. The lowest BCUT2D eigenvalue weighted by atomic mass is 10.1. The van der Waals surface area contributed by atoms with Crippen LogP contribution in [0.5, 0.6) is 0 Å². The third kappa shape index (κ3) is 5.49. The highest BCUT2D eigenvalue weighted by atomic mass is 32.1. The van der Waals surface area contributed by atoms with Crippen LogP contribution in [0.1, 0.15) is 44.6 Å². The minimum absolute atomic E-state index is 0.130. The average molecular weight is 384 g/mol. The summed E-state index contributed by atoms with van der Waals surface area (Å²) in [6.07, 6.45) is -1.90. The average Bonchev–Trinajstić information content (AvgIpc) is 3.08. The van der Waals surface area contributed by atoms with Crippen molar-refractivity contribution in [1.82, 2.24) is 4.90 Å². The summed E-state index contributed by atoms with van der Waals surface area (Å²) < 4.78 is 44.2. The molecule has 1 N–H and O–H groups in total. The zero-order chi connectivity index (χ0) is 19.3. The Bertz CT molecular complexity index is 714. The number of hydrogen-bond acceptors (Lipinski definition) is 2. The van der Waals surface area contributed by atoms with E-state index in [1.54, 1.807) is 18.4 Å². The Labute approximate surface area is 157 Å². The zero-order valence-corrected chi connectivity index (χ0v) is 15.8. The predicted molar refractivity (Wildman–Crippen MR) is 101 cm³/mol. The first kappa shape index (κ1) is 20.3. The van der Waals surface area contributed by atoms with Gasteiger partial charge in [0, 0.05) is 12.2 Å². The van der Waals surface area contributed by atoms with Crippen molar-refractivity contribution < 1.29 is 17.6 Å². The van der Waals surface area contributed by atoms with E-state index in [2.05, 4.69) is 19.2 Å². The molecule has 0 fully saturated rings. The molecule has 0 bridgehead atoms. The Morgan fingerprint density at radius 2 is 1.92 bits per heavy atom. The standard InChI is InChI=1S/C19H23F3N2OS/c1-13(2)9-10-24(14(3)17-8-5-11-25-17)18(26)23-16-7-4-6-15(12-16)19(20,21)22/h4-8,11-14H,9-10H2,1-3H3,(H,23,26)/t14-/m1/s1. The third-order valence-electron chi connectivity index (χ3n) is 4.07. The van der Waals surface area contributed by atoms with E-state index < -0.39 is 11.7 Å². The molecule has 26 heavy (non-hydrogen) atoms. The van der Waals surface area contributed by atoms with Crippen LogP contribution in [0.15, 0.2) is 47.1 Å². The smallest absolute Gasteiger partial charge is 0.416 e. The largest absolute Gasteiger partial charge is 0.467 e. The molecule has 1 atom stereocenters. The molecule has 2 aromatic rings. The number of benzene rings is 1. The first-order chi connectivity index (χ1) is 12.2. The monoisotopic (exact) mass is 384 g/mol. The van der Waals surface area contributed by atoms with Crippen molar-refractivity contribution >= 4 is 23.0 Å². The summed E-state index contributed by atoms with van der Waals surface area (Å²) in [5.41, 5.74) is -0.399. The highest BCUT2D eigenvalue weighted by Crippen LogP contribution is 2.31. The van der Waals surface area contributed by atoms with Crippen LogP contribution in [-0.2, 0) is 6.18 Å². The molecule has 0 aliphatic rings. The molecule has 0 spiro atoms. The van der Waals surface area contributed by atoms with Crippen LogP contribution in [0.4, 0.5) is 18.9 Å². The van der Waals surface area contributed by atoms with Crippen molar-refractivity contribution in [3.8, 4) is 0 Å². The van der Waals surface area contributed by atoms with Gasteiger partial charge in [-0.15, -0.1) is 0 Å². The molecular formula is C19H23F3N2OS. The lowest BCUT2D eigenvalue weighted by molar-refractivity contribution is -0.137. The van der Waals surface area contributed by atoms with Gasteiger partial charge in [0.2, 0.25) is 0 Å². The van der Waals surface area contributed by atoms with Gasteiger partial charge in [0.05, 0.1) is 17.9 Å². The summed E-state index contributed by atoms with van der Waals surface area (Å²) in [5.74, 6) is 1.22. The first-order valence-electron chi connectivity index (χ1n) is 8.46. The minimum atomic E-state index is -4.39. The van der Waals surface area contributed by atoms with Crippen LogP contribution in [0.25, 0.3) is 0 Å². The van der Waals surface area contributed by atoms with E-state index in [0.29, 0.717) is 23.3 Å². The molecule has 0 unspecified atom stereocenters. The van der Waals surface area contributed by atoms with Crippen molar-refractivity contribution in [1.29, 1.82) is 0 Å². The van der Waals surface area contributed by atoms with Gasteiger partial charge in [-0.05, 0) is 61.8 Å². The highest BCUT2D eigenvalue weighted by Gasteiger charge is 2.30. The van der Waals surface area contributed by atoms with Crippen LogP contribution in [0.3, 0.4) is 0 Å². The van der Waals surface area contributed by atoms with Gasteiger partial charge >= 0.3 is 6.18 Å². The number of nitrogens with zero attached hydrogens (tertiary/aromatic N) is 1. The number of furan rings is 1. The van der Waals surface area contributed by atoms with Crippen molar-refractivity contribution in [3.05, 3.63) is 54.0 Å². The van der Waals surface area contributed by atoms with Gasteiger partial charge in [-0.25, -0.2) is 0 Å². The first-order valence-corrected chi connectivity index (χ1v) is 8.87. The predicted octanol–water partition coefficient (Wildman–Crippen LogP) is 6.10. The summed E-state index contributed by atoms with van der Waals surface area (Å²) in [5, 5.41) is 3.31. The number of halogens is 3. The molecule has 0 saturated heterocycles. The molecule has 142 valence electrons. The quantitative estimate of drug-likeness (QED) is 0.609. The fourth-order valence-corrected chi connectivity index (χ4v) is 2.89. The Balaban J connectivity index is 2.18. The number of thiocarbonyl (C=S) groups is 1. The van der Waals surface area contributed by atoms with E-state index in [1.807, 2.05) is 17.9 Å². The van der Waals surface area contributed by atoms with Gasteiger partial charge in [-0.2, -0.15) is 13.2 Å². The van der Waals surface area contributed by atoms with Gasteiger partial charge in [0.15, 0.2) is 5.11 Å². The minimum Gasteiger partial charge on any atom is -0.467 e. The Kier molecular flexibility index (Phi) is 6.69. The molecule has 1 aromatic carbocycles. The van der Waals surface area contributed by atoms with Crippen LogP contribution < -0.4 is 5.32 Å². The zero-order valence-electron chi connectivity index (χ0n) is 15.0. The third-order valence-corrected chi connectivity index (χ3v) is 4.41. The molecular weight excluding hydrogens is 361 g/mol. The van der Waals surface area contributed by atoms with Crippen LogP contribution >= 0.6 is 12.2 Å². The van der Waals surface area contributed by atoms with E-state index >= 15 is 0 Å². The van der Waals surface area contributed by atoms with Crippen LogP contribution in [-0.4, -0.2) is 16.6 Å². The summed E-state index contributed by atoms with van der Waals surface area (Å²) in [6, 6.07) is 8.56. The van der Waals surface area contributed by atoms with E-state index in [9.17, 15) is 13.2 Å². The summed E-state index contributed by atoms with van der Waals surface area (Å²) in [4.78, 5) is 1.94. The molecule has 0 aliphatic heterocycles. The highest BCUT2D eigenvalue weighted by molar-refractivity contribution is 7.80. The maximum atomic E-state index is 12.9. The van der Waals surface area contributed by atoms with Crippen molar-refractivity contribution in [3.63, 3.8) is 0 Å². The number of alkyl halides is 3. The summed E-state index contributed by atoms with van der Waals surface area (Å²) >= 11 is 5.49. The van der Waals surface area contributed by atoms with E-state index in [1.165, 1.54) is 6.07 Å². The van der Waals surface area contributed by atoms with Crippen molar-refractivity contribution in [2.24, 2.45) is 5.92 Å². The number of rotatable bonds is 6. The fraction of sp³-hybridized carbons (Fsp3) is 0.421. The summed E-state index contributed by atoms with van der Waals surface area (Å²) in [6.45, 7) is 6.85. The van der Waals surface area contributed by atoms with E-state index in [4.69, 9.17) is 16.6 Å². The van der Waals surface area contributed by atoms with Crippen LogP contribution in [0, 0.1) is 5.92 Å². The fourth-order valence-electron chi connectivity index (χ4n) is 2.52. The Hall–Kier alpha value is -2.02. The van der Waals surface area contributed by atoms with Gasteiger partial charge in [-0.1, -0.05) is 19.9 Å². The van der Waals surface area contributed by atoms with Gasteiger partial charge in [-0.3, -0.25) is 0 Å². The second-order valence-corrected chi connectivity index (χ2v) is 6.96. The van der Waals surface area contributed by atoms with Crippen LogP contribution in [0.2, 0.25) is 0 Å². The molecule has 7 heteroatoms. The number of hydrogen-bond donors (Lipinski definition) is 1. The summed E-state index contributed by atoms with van der Waals surface area (Å²) in [7, 11) is 0. The maximum Gasteiger partial charge on any atom is 0.416 e. The molecule has 1 heterocycles. The maximum absolute atomic E-state index is 12.9. The number of nitrogens with one attached hydrogen (secondary N) is 1. The number of anilines is 1. The van der Waals surface area contributed by atoms with Crippen molar-refractivity contribution in [2.45, 2.75) is 39.4 Å². The molecule has 0 radical (unpaired) electrons. The van der Waals surface area contributed by atoms with E-state index in [-0.39, 0.29) is 6.04 Å². The van der Waals surface area contributed by atoms with Crippen molar-refractivity contribution in [2.75, 3.05) is 11.9 Å². The normalized spacial score (nSPS) is 12.9. The molecule has 0 aliphatic carbocycles. The molecule has 2 rings (SSSR count). The SMILES string of the molecule is CC(C)CCN(C(=S)Nc1cccc(C(F)(F)F)c1)[C@H](C)c1ccco1. The molecule has 1 aromatic heterocycles. The Morgan fingerprint density at radius 3 is 2.50 bits per heavy atom. The lowest BCUT2D eigenvalue weighted by Gasteiger charge is -2.31. The Morgan fingerprint density at radius 1 is 1.19 bits per heavy atom. The second-order valence-electron chi connectivity index (χ2n) is 6.58. The molecule has 0 saturated carbocycles.